The molecule has 0 fully saturated rings. The van der Waals surface area contributed by atoms with Gasteiger partial charge >= 0.3 is 0 Å². The summed E-state index contributed by atoms with van der Waals surface area (Å²) in [5.41, 5.74) is 2.52. The minimum atomic E-state index is -0.669. The monoisotopic (exact) mass is 354 g/mol. The maximum Gasteiger partial charge on any atom is 0.280 e. The highest BCUT2D eigenvalue weighted by Gasteiger charge is 2.19. The third kappa shape index (κ3) is 2.98. The maximum absolute atomic E-state index is 14.2. The van der Waals surface area contributed by atoms with E-state index in [0.29, 0.717) is 10.4 Å². The van der Waals surface area contributed by atoms with Gasteiger partial charge in [-0.2, -0.15) is 0 Å². The van der Waals surface area contributed by atoms with Gasteiger partial charge in [0.25, 0.3) is 5.69 Å². The zero-order valence-corrected chi connectivity index (χ0v) is 14.2. The van der Waals surface area contributed by atoms with Gasteiger partial charge in [0, 0.05) is 16.3 Å². The van der Waals surface area contributed by atoms with Gasteiger partial charge in [-0.25, -0.2) is 9.37 Å². The smallest absolute Gasteiger partial charge is 0.258 e. The predicted molar refractivity (Wildman–Crippen MR) is 95.6 cm³/mol. The molecular weight excluding hydrogens is 339 g/mol. The molecule has 1 aliphatic carbocycles. The molecule has 25 heavy (non-hydrogen) atoms. The molecule has 1 aliphatic rings. The van der Waals surface area contributed by atoms with Crippen molar-refractivity contribution in [2.75, 3.05) is 0 Å². The fourth-order valence-electron chi connectivity index (χ4n) is 3.34. The van der Waals surface area contributed by atoms with Gasteiger partial charge in [-0.1, -0.05) is 30.0 Å². The molecule has 1 aromatic heterocycles. The second-order valence-electron chi connectivity index (χ2n) is 6.11. The molecular formula is C19H15FN2O2S. The van der Waals surface area contributed by atoms with Crippen molar-refractivity contribution in [2.45, 2.75) is 35.6 Å². The van der Waals surface area contributed by atoms with Gasteiger partial charge in [0.2, 0.25) is 0 Å². The van der Waals surface area contributed by atoms with E-state index in [1.54, 1.807) is 12.1 Å². The zero-order chi connectivity index (χ0) is 17.4. The molecule has 0 aliphatic heterocycles. The summed E-state index contributed by atoms with van der Waals surface area (Å²) in [5.74, 6) is -0.669. The first-order valence-electron chi connectivity index (χ1n) is 8.15. The van der Waals surface area contributed by atoms with E-state index < -0.39 is 10.7 Å². The van der Waals surface area contributed by atoms with Gasteiger partial charge < -0.3 is 0 Å². The van der Waals surface area contributed by atoms with Gasteiger partial charge in [-0.05, 0) is 48.9 Å². The van der Waals surface area contributed by atoms with Crippen LogP contribution in [0.5, 0.6) is 0 Å². The molecule has 0 N–H and O–H groups in total. The first-order chi connectivity index (χ1) is 12.1. The highest BCUT2D eigenvalue weighted by molar-refractivity contribution is 7.99. The van der Waals surface area contributed by atoms with E-state index in [0.717, 1.165) is 23.9 Å². The Labute approximate surface area is 148 Å². The number of hydrogen-bond acceptors (Lipinski definition) is 4. The van der Waals surface area contributed by atoms with Crippen molar-refractivity contribution in [3.8, 4) is 0 Å². The lowest BCUT2D eigenvalue weighted by atomic mass is 9.92. The molecule has 4 nitrogen and oxygen atoms in total. The van der Waals surface area contributed by atoms with Crippen molar-refractivity contribution in [3.63, 3.8) is 0 Å². The van der Waals surface area contributed by atoms with Crippen molar-refractivity contribution in [3.05, 3.63) is 69.7 Å². The third-order valence-electron chi connectivity index (χ3n) is 4.54. The summed E-state index contributed by atoms with van der Waals surface area (Å²) in [4.78, 5) is 15.9. The Bertz CT molecular complexity index is 991. The van der Waals surface area contributed by atoms with Crippen LogP contribution in [0.25, 0.3) is 10.8 Å². The molecule has 6 heteroatoms. The lowest BCUT2D eigenvalue weighted by Crippen LogP contribution is -2.02. The van der Waals surface area contributed by atoms with Gasteiger partial charge in [0.05, 0.1) is 16.5 Å². The molecule has 0 amide bonds. The molecule has 0 bridgehead atoms. The lowest BCUT2D eigenvalue weighted by molar-refractivity contribution is -0.383. The van der Waals surface area contributed by atoms with Gasteiger partial charge in [0.1, 0.15) is 5.03 Å². The summed E-state index contributed by atoms with van der Waals surface area (Å²) >= 11 is 1.42. The summed E-state index contributed by atoms with van der Waals surface area (Å²) in [5, 5.41) is 12.3. The molecule has 2 aromatic carbocycles. The number of nitrogens with zero attached hydrogens (tertiary/aromatic N) is 2. The van der Waals surface area contributed by atoms with E-state index in [1.807, 2.05) is 6.07 Å². The Morgan fingerprint density at radius 1 is 1.12 bits per heavy atom. The highest BCUT2D eigenvalue weighted by Crippen LogP contribution is 2.37. The molecule has 4 rings (SSSR count). The number of non-ortho nitro benzene ring substituents is 1. The van der Waals surface area contributed by atoms with Crippen molar-refractivity contribution in [1.29, 1.82) is 0 Å². The zero-order valence-electron chi connectivity index (χ0n) is 13.4. The average molecular weight is 354 g/mol. The van der Waals surface area contributed by atoms with E-state index in [4.69, 9.17) is 0 Å². The molecule has 0 spiro atoms. The predicted octanol–water partition coefficient (Wildman–Crippen LogP) is 5.31. The van der Waals surface area contributed by atoms with Crippen LogP contribution in [0.2, 0.25) is 0 Å². The molecule has 126 valence electrons. The largest absolute Gasteiger partial charge is 0.280 e. The molecule has 0 saturated carbocycles. The second-order valence-corrected chi connectivity index (χ2v) is 7.17. The summed E-state index contributed by atoms with van der Waals surface area (Å²) in [6.45, 7) is 0. The molecule has 1 heterocycles. The molecule has 0 radical (unpaired) electrons. The van der Waals surface area contributed by atoms with Crippen LogP contribution >= 0.6 is 11.8 Å². The fraction of sp³-hybridized carbons (Fsp3) is 0.211. The Morgan fingerprint density at radius 3 is 2.72 bits per heavy atom. The minimum Gasteiger partial charge on any atom is -0.258 e. The molecule has 3 aromatic rings. The number of halogens is 1. The van der Waals surface area contributed by atoms with E-state index in [9.17, 15) is 14.5 Å². The molecule has 0 saturated heterocycles. The van der Waals surface area contributed by atoms with Crippen LogP contribution in [0, 0.1) is 15.9 Å². The van der Waals surface area contributed by atoms with Gasteiger partial charge in [-0.15, -0.1) is 0 Å². The van der Waals surface area contributed by atoms with E-state index in [1.165, 1.54) is 41.8 Å². The number of pyridine rings is 1. The standard InChI is InChI=1S/C19H15FN2O2S/c20-16-11-21-19(15-6-3-7-17(18(15)16)22(23)24)25-14-9-8-12-4-1-2-5-13(12)10-14/h3,6-11H,1-2,4-5H2. The van der Waals surface area contributed by atoms with Crippen molar-refractivity contribution < 1.29 is 9.31 Å². The first kappa shape index (κ1) is 16.0. The number of benzene rings is 2. The molecule has 0 unspecified atom stereocenters. The number of nitro benzene ring substituents is 1. The fourth-order valence-corrected chi connectivity index (χ4v) is 4.28. The summed E-state index contributed by atoms with van der Waals surface area (Å²) in [7, 11) is 0. The van der Waals surface area contributed by atoms with Crippen LogP contribution in [-0.2, 0) is 12.8 Å². The quantitative estimate of drug-likeness (QED) is 0.472. The summed E-state index contributed by atoms with van der Waals surface area (Å²) < 4.78 is 14.2. The Morgan fingerprint density at radius 2 is 1.92 bits per heavy atom. The van der Waals surface area contributed by atoms with Crippen LogP contribution in [0.1, 0.15) is 24.0 Å². The van der Waals surface area contributed by atoms with E-state index in [2.05, 4.69) is 17.1 Å². The number of fused-ring (bicyclic) bond motifs is 2. The van der Waals surface area contributed by atoms with Crippen LogP contribution in [0.4, 0.5) is 10.1 Å². The number of aromatic nitrogens is 1. The average Bonchev–Trinajstić information content (AvgIpc) is 2.63. The Balaban J connectivity index is 1.79. The first-order valence-corrected chi connectivity index (χ1v) is 8.96. The number of aryl methyl sites for hydroxylation is 2. The van der Waals surface area contributed by atoms with Crippen LogP contribution < -0.4 is 0 Å². The van der Waals surface area contributed by atoms with E-state index >= 15 is 0 Å². The number of rotatable bonds is 3. The second kappa shape index (κ2) is 6.44. The van der Waals surface area contributed by atoms with E-state index in [-0.39, 0.29) is 11.1 Å². The minimum absolute atomic E-state index is 0.0166. The lowest BCUT2D eigenvalue weighted by Gasteiger charge is -2.16. The van der Waals surface area contributed by atoms with Crippen LogP contribution in [-0.4, -0.2) is 9.91 Å². The van der Waals surface area contributed by atoms with Crippen molar-refractivity contribution >= 4 is 28.2 Å². The highest BCUT2D eigenvalue weighted by atomic mass is 32.2. The maximum atomic E-state index is 14.2. The summed E-state index contributed by atoms with van der Waals surface area (Å²) in [6, 6.07) is 10.9. The summed E-state index contributed by atoms with van der Waals surface area (Å²) in [6.07, 6.45) is 5.69. The normalized spacial score (nSPS) is 13.6. The van der Waals surface area contributed by atoms with Crippen molar-refractivity contribution in [1.82, 2.24) is 4.98 Å². The van der Waals surface area contributed by atoms with Crippen LogP contribution in [0.15, 0.2) is 52.5 Å². The van der Waals surface area contributed by atoms with Crippen molar-refractivity contribution in [2.24, 2.45) is 0 Å². The number of nitro groups is 1. The van der Waals surface area contributed by atoms with Gasteiger partial charge in [0.15, 0.2) is 5.82 Å². The third-order valence-corrected chi connectivity index (χ3v) is 5.55. The Kier molecular flexibility index (Phi) is 4.13. The van der Waals surface area contributed by atoms with Gasteiger partial charge in [-0.3, -0.25) is 10.1 Å². The Hall–Kier alpha value is -2.47. The number of hydrogen-bond donors (Lipinski definition) is 0. The van der Waals surface area contributed by atoms with Crippen LogP contribution in [0.3, 0.4) is 0 Å². The topological polar surface area (TPSA) is 56.0 Å². The SMILES string of the molecule is O=[N+]([O-])c1cccc2c(Sc3ccc4c(c3)CCCC4)ncc(F)c12. The molecule has 0 atom stereocenters.